The smallest absolute Gasteiger partial charge is 0.416 e. The molecule has 3 rings (SSSR count). The molecule has 0 bridgehead atoms. The van der Waals surface area contributed by atoms with Gasteiger partial charge < -0.3 is 14.9 Å². The van der Waals surface area contributed by atoms with Crippen molar-refractivity contribution >= 4 is 29.4 Å². The Morgan fingerprint density at radius 2 is 1.72 bits per heavy atom. The first-order chi connectivity index (χ1) is 14.9. The Morgan fingerprint density at radius 3 is 2.28 bits per heavy atom. The molecule has 1 aliphatic rings. The maximum atomic E-state index is 13.3. The summed E-state index contributed by atoms with van der Waals surface area (Å²) in [5, 5.41) is 9.23. The van der Waals surface area contributed by atoms with Crippen LogP contribution in [0.3, 0.4) is 0 Å². The fourth-order valence-electron chi connectivity index (χ4n) is 3.79. The number of halogens is 5. The van der Waals surface area contributed by atoms with Gasteiger partial charge in [0.15, 0.2) is 0 Å². The van der Waals surface area contributed by atoms with Crippen LogP contribution in [0, 0.1) is 5.82 Å². The summed E-state index contributed by atoms with van der Waals surface area (Å²) in [6, 6.07) is 7.07. The minimum Gasteiger partial charge on any atom is -0.465 e. The highest BCUT2D eigenvalue weighted by atomic mass is 35.5. The molecule has 6 nitrogen and oxygen atoms in total. The lowest BCUT2D eigenvalue weighted by Gasteiger charge is -2.32. The number of alkyl halides is 3. The highest BCUT2D eigenvalue weighted by Crippen LogP contribution is 2.35. The summed E-state index contributed by atoms with van der Waals surface area (Å²) in [5.74, 6) is -0.900. The second-order valence-electron chi connectivity index (χ2n) is 7.56. The molecule has 2 atom stereocenters. The molecule has 2 aromatic rings. The van der Waals surface area contributed by atoms with Gasteiger partial charge in [0.25, 0.3) is 0 Å². The van der Waals surface area contributed by atoms with Gasteiger partial charge in [0.1, 0.15) is 5.82 Å². The van der Waals surface area contributed by atoms with Crippen molar-refractivity contribution in [2.24, 2.45) is 0 Å². The van der Waals surface area contributed by atoms with E-state index in [1.165, 1.54) is 49.3 Å². The Hall–Kier alpha value is -3.01. The number of amides is 3. The predicted octanol–water partition coefficient (Wildman–Crippen LogP) is 5.13. The van der Waals surface area contributed by atoms with Crippen molar-refractivity contribution in [3.8, 4) is 0 Å². The summed E-state index contributed by atoms with van der Waals surface area (Å²) in [6.07, 6.45) is -5.81. The predicted molar refractivity (Wildman–Crippen MR) is 111 cm³/mol. The zero-order valence-electron chi connectivity index (χ0n) is 17.1. The van der Waals surface area contributed by atoms with Crippen LogP contribution >= 0.6 is 11.6 Å². The van der Waals surface area contributed by atoms with E-state index >= 15 is 0 Å². The van der Waals surface area contributed by atoms with Gasteiger partial charge in [-0.25, -0.2) is 14.0 Å². The SMILES string of the molecule is CN(C(=O)N(C)[C@@H]1CN(C(=O)O)C[C@H]1c1ccc(F)cc1)c1cc(Cl)cc(C(F)(F)F)c1. The molecule has 1 aliphatic heterocycles. The summed E-state index contributed by atoms with van der Waals surface area (Å²) in [5.41, 5.74) is -0.415. The van der Waals surface area contributed by atoms with Crippen molar-refractivity contribution in [3.63, 3.8) is 0 Å². The molecule has 0 saturated carbocycles. The molecular weight excluding hydrogens is 454 g/mol. The normalized spacial score (nSPS) is 18.5. The Kier molecular flexibility index (Phi) is 6.54. The molecule has 1 heterocycles. The van der Waals surface area contributed by atoms with Gasteiger partial charge in [0.05, 0.1) is 11.6 Å². The molecule has 1 fully saturated rings. The summed E-state index contributed by atoms with van der Waals surface area (Å²) in [4.78, 5) is 28.1. The maximum absolute atomic E-state index is 13.3. The van der Waals surface area contributed by atoms with Crippen LogP contribution in [0.25, 0.3) is 0 Å². The van der Waals surface area contributed by atoms with Gasteiger partial charge in [-0.15, -0.1) is 0 Å². The molecular formula is C21H20ClF4N3O3. The average Bonchev–Trinajstić information content (AvgIpc) is 3.17. The van der Waals surface area contributed by atoms with Gasteiger partial charge in [-0.1, -0.05) is 23.7 Å². The number of benzene rings is 2. The van der Waals surface area contributed by atoms with Crippen LogP contribution in [0.1, 0.15) is 17.0 Å². The first kappa shape index (κ1) is 23.6. The number of likely N-dealkylation sites (N-methyl/N-ethyl adjacent to an activating group) is 1. The van der Waals surface area contributed by atoms with E-state index in [1.807, 2.05) is 0 Å². The minimum absolute atomic E-state index is 0.00317. The van der Waals surface area contributed by atoms with Gasteiger partial charge in [-0.2, -0.15) is 13.2 Å². The van der Waals surface area contributed by atoms with Crippen LogP contribution in [-0.2, 0) is 6.18 Å². The Bertz CT molecular complexity index is 1020. The third-order valence-electron chi connectivity index (χ3n) is 5.54. The van der Waals surface area contributed by atoms with Crippen LogP contribution < -0.4 is 4.90 Å². The van der Waals surface area contributed by atoms with Crippen LogP contribution in [-0.4, -0.2) is 60.3 Å². The zero-order chi connectivity index (χ0) is 23.8. The van der Waals surface area contributed by atoms with Crippen molar-refractivity contribution in [2.45, 2.75) is 18.1 Å². The molecule has 32 heavy (non-hydrogen) atoms. The molecule has 3 amide bonds. The highest BCUT2D eigenvalue weighted by Gasteiger charge is 2.41. The number of rotatable bonds is 3. The van der Waals surface area contributed by atoms with Crippen molar-refractivity contribution < 1.29 is 32.3 Å². The Labute approximate surface area is 186 Å². The van der Waals surface area contributed by atoms with E-state index < -0.39 is 41.6 Å². The van der Waals surface area contributed by atoms with Crippen molar-refractivity contribution in [2.75, 3.05) is 32.1 Å². The Morgan fingerprint density at radius 1 is 1.09 bits per heavy atom. The third kappa shape index (κ3) is 4.90. The van der Waals surface area contributed by atoms with Gasteiger partial charge in [0.2, 0.25) is 0 Å². The van der Waals surface area contributed by atoms with E-state index in [2.05, 4.69) is 0 Å². The summed E-state index contributed by atoms with van der Waals surface area (Å²) >= 11 is 5.83. The number of carboxylic acid groups (broad SMARTS) is 1. The summed E-state index contributed by atoms with van der Waals surface area (Å²) < 4.78 is 52.8. The molecule has 0 spiro atoms. The first-order valence-electron chi connectivity index (χ1n) is 9.50. The minimum atomic E-state index is -4.64. The third-order valence-corrected chi connectivity index (χ3v) is 5.76. The number of nitrogens with zero attached hydrogens (tertiary/aromatic N) is 3. The lowest BCUT2D eigenvalue weighted by Crippen LogP contribution is -2.47. The highest BCUT2D eigenvalue weighted by molar-refractivity contribution is 6.31. The van der Waals surface area contributed by atoms with E-state index in [1.54, 1.807) is 0 Å². The second kappa shape index (κ2) is 8.85. The van der Waals surface area contributed by atoms with E-state index in [-0.39, 0.29) is 23.8 Å². The average molecular weight is 474 g/mol. The standard InChI is InChI=1S/C21H20ClF4N3O3/c1-27(16-8-13(21(24,25)26)7-14(22)9-16)19(30)28(2)18-11-29(20(31)32)10-17(18)12-3-5-15(23)6-4-12/h3-9,17-18H,10-11H2,1-2H3,(H,31,32)/t17-,18+/m0/s1. The number of hydrogen-bond acceptors (Lipinski definition) is 2. The Balaban J connectivity index is 1.89. The second-order valence-corrected chi connectivity index (χ2v) is 8.00. The first-order valence-corrected chi connectivity index (χ1v) is 9.88. The van der Waals surface area contributed by atoms with Crippen LogP contribution in [0.4, 0.5) is 32.8 Å². The van der Waals surface area contributed by atoms with Gasteiger partial charge in [0, 0.05) is 43.8 Å². The van der Waals surface area contributed by atoms with E-state index in [9.17, 15) is 32.3 Å². The number of carbonyl (C=O) groups excluding carboxylic acids is 1. The molecule has 0 aromatic heterocycles. The monoisotopic (exact) mass is 473 g/mol. The topological polar surface area (TPSA) is 64.1 Å². The van der Waals surface area contributed by atoms with E-state index in [0.29, 0.717) is 5.56 Å². The summed E-state index contributed by atoms with van der Waals surface area (Å²) in [6.45, 7) is 0.0825. The molecule has 11 heteroatoms. The summed E-state index contributed by atoms with van der Waals surface area (Å²) in [7, 11) is 2.75. The van der Waals surface area contributed by atoms with Crippen LogP contribution in [0.5, 0.6) is 0 Å². The van der Waals surface area contributed by atoms with Gasteiger partial charge in [-0.3, -0.25) is 4.90 Å². The molecule has 0 radical (unpaired) electrons. The molecule has 0 aliphatic carbocycles. The molecule has 1 N–H and O–H groups in total. The van der Waals surface area contributed by atoms with Crippen LogP contribution in [0.15, 0.2) is 42.5 Å². The van der Waals surface area contributed by atoms with E-state index in [0.717, 1.165) is 21.9 Å². The molecule has 1 saturated heterocycles. The van der Waals surface area contributed by atoms with Crippen molar-refractivity contribution in [1.82, 2.24) is 9.80 Å². The lowest BCUT2D eigenvalue weighted by atomic mass is 9.93. The van der Waals surface area contributed by atoms with E-state index in [4.69, 9.17) is 11.6 Å². The van der Waals surface area contributed by atoms with Crippen molar-refractivity contribution in [1.29, 1.82) is 0 Å². The number of anilines is 1. The molecule has 0 unspecified atom stereocenters. The number of carbonyl (C=O) groups is 2. The quantitative estimate of drug-likeness (QED) is 0.628. The van der Waals surface area contributed by atoms with Gasteiger partial charge >= 0.3 is 18.3 Å². The number of hydrogen-bond donors (Lipinski definition) is 1. The maximum Gasteiger partial charge on any atom is 0.416 e. The van der Waals surface area contributed by atoms with Gasteiger partial charge in [-0.05, 0) is 35.9 Å². The fourth-order valence-corrected chi connectivity index (χ4v) is 4.02. The fraction of sp³-hybridized carbons (Fsp3) is 0.333. The van der Waals surface area contributed by atoms with Crippen LogP contribution in [0.2, 0.25) is 5.02 Å². The number of urea groups is 1. The zero-order valence-corrected chi connectivity index (χ0v) is 17.9. The number of likely N-dealkylation sites (tertiary alicyclic amines) is 1. The molecule has 2 aromatic carbocycles. The molecule has 172 valence electrons. The largest absolute Gasteiger partial charge is 0.465 e. The lowest BCUT2D eigenvalue weighted by molar-refractivity contribution is -0.137. The van der Waals surface area contributed by atoms with Crippen molar-refractivity contribution in [3.05, 3.63) is 64.4 Å².